The minimum absolute atomic E-state index is 0.113. The fourth-order valence-corrected chi connectivity index (χ4v) is 6.75. The van der Waals surface area contributed by atoms with Crippen LogP contribution < -0.4 is 5.32 Å². The predicted molar refractivity (Wildman–Crippen MR) is 149 cm³/mol. The van der Waals surface area contributed by atoms with Crippen LogP contribution in [0.5, 0.6) is 0 Å². The summed E-state index contributed by atoms with van der Waals surface area (Å²) in [5.41, 5.74) is 0.0925. The molecular formula is C28H39N3O5S2. The molecule has 1 unspecified atom stereocenters. The highest BCUT2D eigenvalue weighted by atomic mass is 32.2. The lowest BCUT2D eigenvalue weighted by Crippen LogP contribution is -2.45. The maximum Gasteiger partial charge on any atom is 0.408 e. The Labute approximate surface area is 230 Å². The summed E-state index contributed by atoms with van der Waals surface area (Å²) in [6, 6.07) is 10.7. The highest BCUT2D eigenvalue weighted by Gasteiger charge is 2.47. The number of benzene rings is 1. The van der Waals surface area contributed by atoms with Gasteiger partial charge in [-0.05, 0) is 88.7 Å². The molecule has 4 rings (SSSR count). The van der Waals surface area contributed by atoms with Gasteiger partial charge in [0.15, 0.2) is 9.84 Å². The van der Waals surface area contributed by atoms with E-state index in [2.05, 4.69) is 10.2 Å². The number of piperidine rings is 1. The van der Waals surface area contributed by atoms with Gasteiger partial charge in [-0.15, -0.1) is 11.3 Å². The third kappa shape index (κ3) is 7.15. The van der Waals surface area contributed by atoms with Gasteiger partial charge in [0.05, 0.1) is 16.4 Å². The number of thiophene rings is 1. The number of hydrogen-bond acceptors (Lipinski definition) is 7. The number of rotatable bonds is 8. The van der Waals surface area contributed by atoms with Crippen molar-refractivity contribution in [2.45, 2.75) is 69.5 Å². The Balaban J connectivity index is 1.29. The van der Waals surface area contributed by atoms with Gasteiger partial charge in [0.25, 0.3) is 0 Å². The minimum atomic E-state index is -3.23. The minimum Gasteiger partial charge on any atom is -0.444 e. The maximum absolute atomic E-state index is 13.4. The third-order valence-electron chi connectivity index (χ3n) is 7.45. The molecule has 38 heavy (non-hydrogen) atoms. The molecule has 1 spiro atoms. The molecule has 10 heteroatoms. The molecule has 2 aromatic rings. The van der Waals surface area contributed by atoms with Crippen molar-refractivity contribution in [2.24, 2.45) is 5.41 Å². The first-order chi connectivity index (χ1) is 17.8. The van der Waals surface area contributed by atoms with Crippen molar-refractivity contribution in [1.82, 2.24) is 15.1 Å². The largest absolute Gasteiger partial charge is 0.444 e. The summed E-state index contributed by atoms with van der Waals surface area (Å²) in [6.07, 6.45) is 4.09. The molecule has 2 aliphatic heterocycles. The van der Waals surface area contributed by atoms with E-state index in [-0.39, 0.29) is 17.4 Å². The van der Waals surface area contributed by atoms with Crippen molar-refractivity contribution in [3.63, 3.8) is 0 Å². The monoisotopic (exact) mass is 561 g/mol. The number of ether oxygens (including phenoxy) is 1. The Bertz CT molecular complexity index is 1210. The summed E-state index contributed by atoms with van der Waals surface area (Å²) in [4.78, 5) is 31.6. The molecule has 0 bridgehead atoms. The van der Waals surface area contributed by atoms with Crippen molar-refractivity contribution in [1.29, 1.82) is 0 Å². The van der Waals surface area contributed by atoms with E-state index >= 15 is 0 Å². The quantitative estimate of drug-likeness (QED) is 0.505. The first kappa shape index (κ1) is 28.6. The second-order valence-electron chi connectivity index (χ2n) is 11.5. The van der Waals surface area contributed by atoms with Crippen LogP contribution in [0, 0.1) is 5.41 Å². The van der Waals surface area contributed by atoms with Crippen LogP contribution in [0.4, 0.5) is 4.79 Å². The molecule has 0 saturated carbocycles. The normalized spacial score (nSPS) is 19.1. The molecule has 2 amide bonds. The van der Waals surface area contributed by atoms with Crippen molar-refractivity contribution in [2.75, 3.05) is 32.4 Å². The lowest BCUT2D eigenvalue weighted by molar-refractivity contribution is -0.138. The van der Waals surface area contributed by atoms with Gasteiger partial charge in [0, 0.05) is 30.8 Å². The van der Waals surface area contributed by atoms with E-state index in [4.69, 9.17) is 4.74 Å². The van der Waals surface area contributed by atoms with Crippen LogP contribution in [0.1, 0.15) is 62.9 Å². The molecule has 208 valence electrons. The van der Waals surface area contributed by atoms with Gasteiger partial charge in [0.1, 0.15) is 5.60 Å². The number of amides is 2. The second kappa shape index (κ2) is 11.4. The fraction of sp³-hybridized carbons (Fsp3) is 0.571. The summed E-state index contributed by atoms with van der Waals surface area (Å²) in [7, 11) is -3.23. The third-order valence-corrected chi connectivity index (χ3v) is 9.57. The SMILES string of the molecule is CC(C)(C)OC(=O)NC(CCN1CCC2(CC1)CCN(Cc1ccc(S(C)(=O)=O)cc1)C2=O)c1cccs1. The van der Waals surface area contributed by atoms with E-state index in [0.717, 1.165) is 62.3 Å². The summed E-state index contributed by atoms with van der Waals surface area (Å²) in [6.45, 7) is 9.35. The Morgan fingerprint density at radius 1 is 1.11 bits per heavy atom. The standard InChI is InChI=1S/C28H39N3O5S2/c1-27(2,3)36-26(33)29-23(24-6-5-19-37-24)11-15-30-16-12-28(13-17-30)14-18-31(25(28)32)20-21-7-9-22(10-8-21)38(4,34)35/h5-10,19,23H,11-18,20H2,1-4H3,(H,29,33). The molecule has 1 N–H and O–H groups in total. The van der Waals surface area contributed by atoms with E-state index in [0.29, 0.717) is 11.4 Å². The Morgan fingerprint density at radius 2 is 1.76 bits per heavy atom. The molecule has 1 atom stereocenters. The Hall–Kier alpha value is -2.43. The number of sulfone groups is 1. The van der Waals surface area contributed by atoms with Gasteiger partial charge in [0.2, 0.25) is 5.91 Å². The highest BCUT2D eigenvalue weighted by molar-refractivity contribution is 7.90. The summed E-state index contributed by atoms with van der Waals surface area (Å²) >= 11 is 1.63. The number of carbonyl (C=O) groups excluding carboxylic acids is 2. The first-order valence-electron chi connectivity index (χ1n) is 13.2. The zero-order chi connectivity index (χ0) is 27.6. The lowest BCUT2D eigenvalue weighted by Gasteiger charge is -2.38. The average molecular weight is 562 g/mol. The van der Waals surface area contributed by atoms with Crippen molar-refractivity contribution < 1.29 is 22.7 Å². The zero-order valence-electron chi connectivity index (χ0n) is 22.7. The molecule has 2 saturated heterocycles. The number of carbonyl (C=O) groups is 2. The van der Waals surface area contributed by atoms with Gasteiger partial charge < -0.3 is 19.9 Å². The first-order valence-corrected chi connectivity index (χ1v) is 16.0. The van der Waals surface area contributed by atoms with E-state index in [1.165, 1.54) is 6.26 Å². The number of nitrogens with one attached hydrogen (secondary N) is 1. The van der Waals surface area contributed by atoms with Gasteiger partial charge in [-0.25, -0.2) is 13.2 Å². The molecule has 0 radical (unpaired) electrons. The van der Waals surface area contributed by atoms with Crippen LogP contribution in [0.15, 0.2) is 46.7 Å². The molecule has 8 nitrogen and oxygen atoms in total. The molecule has 0 aliphatic carbocycles. The van der Waals surface area contributed by atoms with E-state index < -0.39 is 21.5 Å². The van der Waals surface area contributed by atoms with Crippen LogP contribution in [0.3, 0.4) is 0 Å². The van der Waals surface area contributed by atoms with Crippen molar-refractivity contribution >= 4 is 33.2 Å². The summed E-state index contributed by atoms with van der Waals surface area (Å²) in [5, 5.41) is 5.06. The molecule has 1 aromatic carbocycles. The average Bonchev–Trinajstić information content (AvgIpc) is 3.47. The van der Waals surface area contributed by atoms with Gasteiger partial charge in [-0.2, -0.15) is 0 Å². The number of hydrogen-bond donors (Lipinski definition) is 1. The zero-order valence-corrected chi connectivity index (χ0v) is 24.4. The molecule has 2 aliphatic rings. The Kier molecular flexibility index (Phi) is 8.54. The van der Waals surface area contributed by atoms with Gasteiger partial charge in [-0.1, -0.05) is 18.2 Å². The van der Waals surface area contributed by atoms with Crippen molar-refractivity contribution in [3.8, 4) is 0 Å². The summed E-state index contributed by atoms with van der Waals surface area (Å²) < 4.78 is 28.9. The predicted octanol–water partition coefficient (Wildman–Crippen LogP) is 4.62. The smallest absolute Gasteiger partial charge is 0.408 e. The van der Waals surface area contributed by atoms with Gasteiger partial charge >= 0.3 is 6.09 Å². The second-order valence-corrected chi connectivity index (χ2v) is 14.5. The molecule has 2 fully saturated rings. The van der Waals surface area contributed by atoms with Crippen LogP contribution in [0.25, 0.3) is 0 Å². The van der Waals surface area contributed by atoms with E-state index in [1.807, 2.05) is 43.2 Å². The molecule has 1 aromatic heterocycles. The van der Waals surface area contributed by atoms with Gasteiger partial charge in [-0.3, -0.25) is 4.79 Å². The topological polar surface area (TPSA) is 96.0 Å². The van der Waals surface area contributed by atoms with Crippen LogP contribution in [-0.4, -0.2) is 68.3 Å². The number of likely N-dealkylation sites (tertiary alicyclic amines) is 2. The van der Waals surface area contributed by atoms with Crippen molar-refractivity contribution in [3.05, 3.63) is 52.2 Å². The van der Waals surface area contributed by atoms with E-state index in [9.17, 15) is 18.0 Å². The highest BCUT2D eigenvalue weighted by Crippen LogP contribution is 2.42. The van der Waals surface area contributed by atoms with Crippen LogP contribution >= 0.6 is 11.3 Å². The number of nitrogens with zero attached hydrogens (tertiary/aromatic N) is 2. The molecular weight excluding hydrogens is 522 g/mol. The van der Waals surface area contributed by atoms with E-state index in [1.54, 1.807) is 35.6 Å². The summed E-state index contributed by atoms with van der Waals surface area (Å²) in [5.74, 6) is 0.215. The lowest BCUT2D eigenvalue weighted by atomic mass is 9.77. The molecule has 3 heterocycles. The fourth-order valence-electron chi connectivity index (χ4n) is 5.31. The van der Waals surface area contributed by atoms with Crippen LogP contribution in [0.2, 0.25) is 0 Å². The Morgan fingerprint density at radius 3 is 2.34 bits per heavy atom. The van der Waals surface area contributed by atoms with Crippen LogP contribution in [-0.2, 0) is 25.9 Å². The number of alkyl carbamates (subject to hydrolysis) is 1. The maximum atomic E-state index is 13.4.